The summed E-state index contributed by atoms with van der Waals surface area (Å²) >= 11 is 3.31. The second-order valence-corrected chi connectivity index (χ2v) is 6.42. The maximum Gasteiger partial charge on any atom is 0.194 e. The minimum atomic E-state index is -0.245. The lowest BCUT2D eigenvalue weighted by atomic mass is 10.1. The van der Waals surface area contributed by atoms with Gasteiger partial charge in [0, 0.05) is 37.1 Å². The standard InChI is InChI=1S/C16H23BrFN3O/c1-3-19-16(21-5-4-12(10-21)11-22-2)20-9-13-6-14(17)8-15(18)7-13/h6-8,12H,3-5,9-11H2,1-2H3,(H,19,20). The van der Waals surface area contributed by atoms with Gasteiger partial charge in [0.25, 0.3) is 0 Å². The smallest absolute Gasteiger partial charge is 0.194 e. The van der Waals surface area contributed by atoms with E-state index in [1.807, 2.05) is 6.07 Å². The topological polar surface area (TPSA) is 36.9 Å². The number of likely N-dealkylation sites (tertiary alicyclic amines) is 1. The minimum Gasteiger partial charge on any atom is -0.384 e. The monoisotopic (exact) mass is 371 g/mol. The molecule has 4 nitrogen and oxygen atoms in total. The lowest BCUT2D eigenvalue weighted by Gasteiger charge is -2.21. The molecule has 0 aliphatic carbocycles. The van der Waals surface area contributed by atoms with Gasteiger partial charge in [-0.1, -0.05) is 15.9 Å². The van der Waals surface area contributed by atoms with Gasteiger partial charge in [-0.25, -0.2) is 9.38 Å². The number of hydrogen-bond acceptors (Lipinski definition) is 2. The molecule has 1 heterocycles. The van der Waals surface area contributed by atoms with Gasteiger partial charge < -0.3 is 15.0 Å². The van der Waals surface area contributed by atoms with E-state index in [1.165, 1.54) is 12.1 Å². The van der Waals surface area contributed by atoms with Crippen LogP contribution in [-0.4, -0.2) is 44.2 Å². The fraction of sp³-hybridized carbons (Fsp3) is 0.562. The van der Waals surface area contributed by atoms with Crippen LogP contribution in [0.15, 0.2) is 27.7 Å². The number of aliphatic imine (C=N–C) groups is 1. The van der Waals surface area contributed by atoms with Crippen molar-refractivity contribution in [3.63, 3.8) is 0 Å². The molecule has 0 aromatic heterocycles. The summed E-state index contributed by atoms with van der Waals surface area (Å²) in [6.07, 6.45) is 1.11. The Balaban J connectivity index is 2.04. The van der Waals surface area contributed by atoms with Crippen LogP contribution in [0, 0.1) is 11.7 Å². The number of methoxy groups -OCH3 is 1. The first kappa shape index (κ1) is 17.2. The average Bonchev–Trinajstić information content (AvgIpc) is 2.91. The molecule has 22 heavy (non-hydrogen) atoms. The van der Waals surface area contributed by atoms with Crippen LogP contribution < -0.4 is 5.32 Å². The molecule has 1 fully saturated rings. The normalized spacial score (nSPS) is 18.8. The van der Waals surface area contributed by atoms with E-state index < -0.39 is 0 Å². The third-order valence-electron chi connectivity index (χ3n) is 3.66. The third kappa shape index (κ3) is 4.95. The van der Waals surface area contributed by atoms with E-state index in [1.54, 1.807) is 7.11 Å². The summed E-state index contributed by atoms with van der Waals surface area (Å²) < 4.78 is 19.4. The lowest BCUT2D eigenvalue weighted by molar-refractivity contribution is 0.157. The second-order valence-electron chi connectivity index (χ2n) is 5.50. The van der Waals surface area contributed by atoms with Gasteiger partial charge in [-0.3, -0.25) is 0 Å². The molecule has 122 valence electrons. The Morgan fingerprint density at radius 2 is 2.32 bits per heavy atom. The fourth-order valence-electron chi connectivity index (χ4n) is 2.69. The number of nitrogens with zero attached hydrogens (tertiary/aromatic N) is 2. The van der Waals surface area contributed by atoms with Gasteiger partial charge in [-0.15, -0.1) is 0 Å². The van der Waals surface area contributed by atoms with Crippen LogP contribution >= 0.6 is 15.9 Å². The number of rotatable bonds is 5. The van der Waals surface area contributed by atoms with Crippen LogP contribution in [-0.2, 0) is 11.3 Å². The summed E-state index contributed by atoms with van der Waals surface area (Å²) in [6, 6.07) is 4.87. The molecule has 1 atom stereocenters. The lowest BCUT2D eigenvalue weighted by Crippen LogP contribution is -2.40. The Bertz CT molecular complexity index is 504. The van der Waals surface area contributed by atoms with Gasteiger partial charge in [0.15, 0.2) is 5.96 Å². The van der Waals surface area contributed by atoms with Crippen molar-refractivity contribution in [2.24, 2.45) is 10.9 Å². The summed E-state index contributed by atoms with van der Waals surface area (Å²) in [7, 11) is 1.74. The molecule has 0 radical (unpaired) electrons. The minimum absolute atomic E-state index is 0.245. The van der Waals surface area contributed by atoms with Crippen molar-refractivity contribution in [2.75, 3.05) is 33.4 Å². The molecule has 2 rings (SSSR count). The van der Waals surface area contributed by atoms with E-state index in [9.17, 15) is 4.39 Å². The molecule has 1 aliphatic heterocycles. The van der Waals surface area contributed by atoms with E-state index in [4.69, 9.17) is 4.74 Å². The molecule has 1 unspecified atom stereocenters. The predicted molar refractivity (Wildman–Crippen MR) is 90.5 cm³/mol. The highest BCUT2D eigenvalue weighted by Gasteiger charge is 2.24. The maximum absolute atomic E-state index is 13.4. The molecular weight excluding hydrogens is 349 g/mol. The van der Waals surface area contributed by atoms with Crippen molar-refractivity contribution < 1.29 is 9.13 Å². The van der Waals surface area contributed by atoms with E-state index >= 15 is 0 Å². The number of benzene rings is 1. The molecular formula is C16H23BrFN3O. The molecule has 0 saturated carbocycles. The van der Waals surface area contributed by atoms with Crippen LogP contribution in [0.4, 0.5) is 4.39 Å². The van der Waals surface area contributed by atoms with Gasteiger partial charge >= 0.3 is 0 Å². The number of nitrogens with one attached hydrogen (secondary N) is 1. The van der Waals surface area contributed by atoms with Crippen molar-refractivity contribution in [2.45, 2.75) is 19.9 Å². The fourth-order valence-corrected chi connectivity index (χ4v) is 3.20. The molecule has 6 heteroatoms. The van der Waals surface area contributed by atoms with Gasteiger partial charge in [0.2, 0.25) is 0 Å². The van der Waals surface area contributed by atoms with Crippen LogP contribution in [0.3, 0.4) is 0 Å². The summed E-state index contributed by atoms with van der Waals surface area (Å²) in [4.78, 5) is 6.90. The summed E-state index contributed by atoms with van der Waals surface area (Å²) in [5, 5.41) is 3.32. The van der Waals surface area contributed by atoms with E-state index in [-0.39, 0.29) is 5.82 Å². The predicted octanol–water partition coefficient (Wildman–Crippen LogP) is 3.02. The Kier molecular flexibility index (Phi) is 6.64. The van der Waals surface area contributed by atoms with Crippen molar-refractivity contribution in [1.29, 1.82) is 0 Å². The van der Waals surface area contributed by atoms with E-state index in [2.05, 4.69) is 38.1 Å². The van der Waals surface area contributed by atoms with E-state index in [0.717, 1.165) is 48.7 Å². The molecule has 0 amide bonds. The SMILES string of the molecule is CCNC(=NCc1cc(F)cc(Br)c1)N1CCC(COC)C1. The summed E-state index contributed by atoms with van der Waals surface area (Å²) in [6.45, 7) is 6.05. The van der Waals surface area contributed by atoms with Crippen molar-refractivity contribution in [3.8, 4) is 0 Å². The zero-order valence-corrected chi connectivity index (χ0v) is 14.7. The van der Waals surface area contributed by atoms with Crippen LogP contribution in [0.1, 0.15) is 18.9 Å². The zero-order chi connectivity index (χ0) is 15.9. The van der Waals surface area contributed by atoms with E-state index in [0.29, 0.717) is 12.5 Å². The Hall–Kier alpha value is -1.14. The first-order chi connectivity index (χ1) is 10.6. The molecule has 1 aromatic rings. The van der Waals surface area contributed by atoms with Gasteiger partial charge in [0.1, 0.15) is 5.82 Å². The highest BCUT2D eigenvalue weighted by Crippen LogP contribution is 2.18. The van der Waals surface area contributed by atoms with Gasteiger partial charge in [0.05, 0.1) is 13.2 Å². The first-order valence-electron chi connectivity index (χ1n) is 7.59. The molecule has 1 aliphatic rings. The molecule has 1 aromatic carbocycles. The Morgan fingerprint density at radius 3 is 3.00 bits per heavy atom. The number of halogens is 2. The molecule has 0 spiro atoms. The highest BCUT2D eigenvalue weighted by molar-refractivity contribution is 9.10. The quantitative estimate of drug-likeness (QED) is 0.638. The van der Waals surface area contributed by atoms with Crippen molar-refractivity contribution in [1.82, 2.24) is 10.2 Å². The molecule has 1 saturated heterocycles. The zero-order valence-electron chi connectivity index (χ0n) is 13.1. The van der Waals surface area contributed by atoms with Crippen LogP contribution in [0.25, 0.3) is 0 Å². The molecule has 1 N–H and O–H groups in total. The average molecular weight is 372 g/mol. The van der Waals surface area contributed by atoms with Crippen molar-refractivity contribution >= 4 is 21.9 Å². The second kappa shape index (κ2) is 8.48. The van der Waals surface area contributed by atoms with Gasteiger partial charge in [-0.05, 0) is 37.1 Å². The number of guanidine groups is 1. The van der Waals surface area contributed by atoms with Crippen LogP contribution in [0.2, 0.25) is 0 Å². The Labute approximate surface area is 139 Å². The summed E-state index contributed by atoms with van der Waals surface area (Å²) in [5.41, 5.74) is 0.856. The number of ether oxygens (including phenoxy) is 1. The largest absolute Gasteiger partial charge is 0.384 e. The summed E-state index contributed by atoms with van der Waals surface area (Å²) in [5.74, 6) is 1.20. The van der Waals surface area contributed by atoms with Crippen LogP contribution in [0.5, 0.6) is 0 Å². The van der Waals surface area contributed by atoms with Gasteiger partial charge in [-0.2, -0.15) is 0 Å². The van der Waals surface area contributed by atoms with Crippen molar-refractivity contribution in [3.05, 3.63) is 34.1 Å². The maximum atomic E-state index is 13.4. The third-order valence-corrected chi connectivity index (χ3v) is 4.11. The first-order valence-corrected chi connectivity index (χ1v) is 8.38. The highest BCUT2D eigenvalue weighted by atomic mass is 79.9. The number of hydrogen-bond donors (Lipinski definition) is 1. The Morgan fingerprint density at radius 1 is 1.50 bits per heavy atom. The molecule has 0 bridgehead atoms.